The van der Waals surface area contributed by atoms with E-state index in [0.717, 1.165) is 32.1 Å². The first-order valence-electron chi connectivity index (χ1n) is 20.7. The molecule has 0 aliphatic carbocycles. The Kier molecular flexibility index (Phi) is 33.0. The first-order valence-corrected chi connectivity index (χ1v) is 22.2. The second-order valence-electron chi connectivity index (χ2n) is 15.5. The minimum Gasteiger partial charge on any atom is -0.756 e. The summed E-state index contributed by atoms with van der Waals surface area (Å²) in [7, 11) is 1.36. The van der Waals surface area contributed by atoms with Crippen molar-refractivity contribution in [2.45, 2.75) is 194 Å². The van der Waals surface area contributed by atoms with Crippen LogP contribution in [0.5, 0.6) is 0 Å². The Morgan fingerprint density at radius 1 is 0.592 bits per heavy atom. The van der Waals surface area contributed by atoms with E-state index in [9.17, 15) is 14.3 Å². The van der Waals surface area contributed by atoms with Gasteiger partial charge in [-0.2, -0.15) is 0 Å². The van der Waals surface area contributed by atoms with Crippen LogP contribution >= 0.6 is 7.82 Å². The predicted molar refractivity (Wildman–Crippen MR) is 204 cm³/mol. The number of phosphoric acid groups is 1. The molecule has 0 heterocycles. The third-order valence-corrected chi connectivity index (χ3v) is 10.3. The maximum absolute atomic E-state index is 12.9. The fourth-order valence-electron chi connectivity index (χ4n) is 5.88. The quantitative estimate of drug-likeness (QED) is 0.0271. The number of ether oxygens (including phenoxy) is 2. The summed E-state index contributed by atoms with van der Waals surface area (Å²) in [5.41, 5.74) is 0. The molecule has 0 bridgehead atoms. The predicted octanol–water partition coefficient (Wildman–Crippen LogP) is 10.9. The minimum atomic E-state index is -4.52. The zero-order valence-electron chi connectivity index (χ0n) is 33.3. The zero-order valence-corrected chi connectivity index (χ0v) is 34.2. The second-order valence-corrected chi connectivity index (χ2v) is 17.0. The average Bonchev–Trinajstić information content (AvgIpc) is 3.04. The number of rotatable bonds is 38. The molecule has 9 heteroatoms. The maximum atomic E-state index is 12.9. The van der Waals surface area contributed by atoms with E-state index in [-0.39, 0.29) is 31.7 Å². The van der Waals surface area contributed by atoms with Gasteiger partial charge in [-0.3, -0.25) is 9.36 Å². The number of esters is 1. The number of nitrogens with zero attached hydrogens (tertiary/aromatic N) is 1. The smallest absolute Gasteiger partial charge is 0.309 e. The molecule has 0 aromatic carbocycles. The fourth-order valence-corrected chi connectivity index (χ4v) is 6.61. The van der Waals surface area contributed by atoms with Crippen LogP contribution in [0.4, 0.5) is 0 Å². The number of quaternary nitrogens is 1. The van der Waals surface area contributed by atoms with E-state index in [2.05, 4.69) is 13.8 Å². The highest BCUT2D eigenvalue weighted by Crippen LogP contribution is 2.38. The summed E-state index contributed by atoms with van der Waals surface area (Å²) in [5.74, 6) is -0.584. The molecule has 3 atom stereocenters. The zero-order chi connectivity index (χ0) is 36.5. The molecule has 0 saturated heterocycles. The van der Waals surface area contributed by atoms with Gasteiger partial charge in [-0.1, -0.05) is 175 Å². The van der Waals surface area contributed by atoms with E-state index in [4.69, 9.17) is 18.5 Å². The van der Waals surface area contributed by atoms with Crippen LogP contribution in [-0.2, 0) is 27.9 Å². The molecule has 0 N–H and O–H groups in total. The molecular weight excluding hydrogens is 637 g/mol. The van der Waals surface area contributed by atoms with Gasteiger partial charge in [0.1, 0.15) is 19.3 Å². The van der Waals surface area contributed by atoms with E-state index in [0.29, 0.717) is 17.6 Å². The van der Waals surface area contributed by atoms with Crippen LogP contribution < -0.4 is 4.89 Å². The number of hydrogen-bond acceptors (Lipinski definition) is 7. The van der Waals surface area contributed by atoms with Crippen LogP contribution in [-0.4, -0.2) is 70.7 Å². The molecule has 0 aromatic heterocycles. The van der Waals surface area contributed by atoms with Gasteiger partial charge in [0, 0.05) is 6.61 Å². The molecule has 0 aliphatic heterocycles. The first kappa shape index (κ1) is 48.5. The largest absolute Gasteiger partial charge is 0.756 e. The van der Waals surface area contributed by atoms with Crippen molar-refractivity contribution in [1.29, 1.82) is 0 Å². The van der Waals surface area contributed by atoms with Gasteiger partial charge in [0.25, 0.3) is 7.82 Å². The van der Waals surface area contributed by atoms with Crippen molar-refractivity contribution >= 4 is 13.8 Å². The molecular formula is C40H82NO7P. The van der Waals surface area contributed by atoms with Crippen LogP contribution in [0.2, 0.25) is 0 Å². The number of likely N-dealkylation sites (N-methyl/N-ethyl adjacent to an activating group) is 1. The molecule has 0 spiro atoms. The number of unbranched alkanes of at least 4 members (excludes halogenated alkanes) is 23. The topological polar surface area (TPSA) is 94.1 Å². The molecule has 0 radical (unpaired) electrons. The normalized spacial score (nSPS) is 14.5. The van der Waals surface area contributed by atoms with E-state index >= 15 is 0 Å². The van der Waals surface area contributed by atoms with Gasteiger partial charge in [0.15, 0.2) is 0 Å². The van der Waals surface area contributed by atoms with Crippen LogP contribution in [0, 0.1) is 5.92 Å². The minimum absolute atomic E-state index is 0.0281. The highest BCUT2D eigenvalue weighted by atomic mass is 31.2. The number of phosphoric ester groups is 1. The van der Waals surface area contributed by atoms with Crippen LogP contribution in [0.1, 0.15) is 188 Å². The van der Waals surface area contributed by atoms with Gasteiger partial charge < -0.3 is 27.9 Å². The molecule has 1 unspecified atom stereocenters. The van der Waals surface area contributed by atoms with Crippen molar-refractivity contribution < 1.29 is 37.3 Å². The second kappa shape index (κ2) is 33.3. The van der Waals surface area contributed by atoms with E-state index in [1.54, 1.807) is 0 Å². The van der Waals surface area contributed by atoms with Crippen LogP contribution in [0.25, 0.3) is 0 Å². The van der Waals surface area contributed by atoms with Gasteiger partial charge in [-0.05, 0) is 12.8 Å². The van der Waals surface area contributed by atoms with Crippen molar-refractivity contribution in [2.24, 2.45) is 5.92 Å². The summed E-state index contributed by atoms with van der Waals surface area (Å²) in [6, 6.07) is 0. The van der Waals surface area contributed by atoms with Crippen molar-refractivity contribution in [3.05, 3.63) is 0 Å². The van der Waals surface area contributed by atoms with E-state index < -0.39 is 13.9 Å². The Bertz CT molecular complexity index is 776. The number of carbonyl (C=O) groups excluding carboxylic acids is 1. The van der Waals surface area contributed by atoms with Gasteiger partial charge in [-0.15, -0.1) is 0 Å². The molecule has 0 fully saturated rings. The van der Waals surface area contributed by atoms with Gasteiger partial charge in [-0.25, -0.2) is 0 Å². The molecule has 49 heavy (non-hydrogen) atoms. The molecule has 0 rings (SSSR count). The summed E-state index contributed by atoms with van der Waals surface area (Å²) < 4.78 is 34.7. The SMILES string of the molecule is CCCCCCCCCCCCCCCCOC[C@H](COP(=O)([O-])OCC[N+](C)(C)C)OC(=O)[C@H](C)CCCCCCCCCCCCC. The summed E-state index contributed by atoms with van der Waals surface area (Å²) in [5, 5.41) is 0. The number of hydrogen-bond donors (Lipinski definition) is 0. The van der Waals surface area contributed by atoms with Crippen molar-refractivity contribution in [2.75, 3.05) is 54.1 Å². The molecule has 0 aliphatic rings. The standard InChI is InChI=1S/C40H82NO7P/c1-7-9-11-13-15-17-19-20-21-23-25-27-29-31-34-45-36-39(37-47-49(43,44)46-35-33-41(4,5)6)48-40(42)38(3)32-30-28-26-24-22-18-16-14-12-10-8-2/h38-39H,7-37H2,1-6H3/t38-,39-/m1/s1. The molecule has 8 nitrogen and oxygen atoms in total. The third-order valence-electron chi connectivity index (χ3n) is 9.30. The Labute approximate surface area is 304 Å². The third kappa shape index (κ3) is 35.7. The maximum Gasteiger partial charge on any atom is 0.309 e. The average molecular weight is 720 g/mol. The van der Waals surface area contributed by atoms with E-state index in [1.165, 1.54) is 135 Å². The van der Waals surface area contributed by atoms with E-state index in [1.807, 2.05) is 28.1 Å². The summed E-state index contributed by atoms with van der Waals surface area (Å²) in [4.78, 5) is 25.3. The van der Waals surface area contributed by atoms with Gasteiger partial charge >= 0.3 is 5.97 Å². The number of carbonyl (C=O) groups is 1. The molecule has 0 aromatic rings. The van der Waals surface area contributed by atoms with Crippen molar-refractivity contribution in [1.82, 2.24) is 0 Å². The molecule has 294 valence electrons. The first-order chi connectivity index (χ1) is 23.5. The Morgan fingerprint density at radius 3 is 1.43 bits per heavy atom. The lowest BCUT2D eigenvalue weighted by atomic mass is 10.0. The Balaban J connectivity index is 4.37. The highest BCUT2D eigenvalue weighted by Gasteiger charge is 2.23. The lowest BCUT2D eigenvalue weighted by Crippen LogP contribution is -2.37. The lowest BCUT2D eigenvalue weighted by Gasteiger charge is -2.28. The fraction of sp³-hybridized carbons (Fsp3) is 0.975. The van der Waals surface area contributed by atoms with Crippen LogP contribution in [0.15, 0.2) is 0 Å². The monoisotopic (exact) mass is 720 g/mol. The van der Waals surface area contributed by atoms with Crippen molar-refractivity contribution in [3.63, 3.8) is 0 Å². The highest BCUT2D eigenvalue weighted by molar-refractivity contribution is 7.45. The van der Waals surface area contributed by atoms with Gasteiger partial charge in [0.05, 0.1) is 40.3 Å². The summed E-state index contributed by atoms with van der Waals surface area (Å²) in [6.07, 6.45) is 32.0. The van der Waals surface area contributed by atoms with Gasteiger partial charge in [0.2, 0.25) is 0 Å². The van der Waals surface area contributed by atoms with Crippen molar-refractivity contribution in [3.8, 4) is 0 Å². The molecule has 0 saturated carbocycles. The Morgan fingerprint density at radius 2 is 1.00 bits per heavy atom. The molecule has 0 amide bonds. The summed E-state index contributed by atoms with van der Waals surface area (Å²) >= 11 is 0. The lowest BCUT2D eigenvalue weighted by molar-refractivity contribution is -0.870. The summed E-state index contributed by atoms with van der Waals surface area (Å²) in [6.45, 7) is 7.31. The van der Waals surface area contributed by atoms with Crippen LogP contribution in [0.3, 0.4) is 0 Å². The Hall–Kier alpha value is -0.500.